The summed E-state index contributed by atoms with van der Waals surface area (Å²) in [6, 6.07) is 2.32. The van der Waals surface area contributed by atoms with Crippen LogP contribution in [0, 0.1) is 11.6 Å². The maximum atomic E-state index is 13.5. The number of hydrogen-bond acceptors (Lipinski definition) is 2. The van der Waals surface area contributed by atoms with Gasteiger partial charge in [0, 0.05) is 6.54 Å². The van der Waals surface area contributed by atoms with E-state index < -0.39 is 23.2 Å². The highest BCUT2D eigenvalue weighted by atomic mass is 19.2. The molecule has 0 aliphatic heterocycles. The highest BCUT2D eigenvalue weighted by Crippen LogP contribution is 2.20. The summed E-state index contributed by atoms with van der Waals surface area (Å²) in [5, 5.41) is 11.4. The number of carboxylic acids is 1. The molecule has 1 aromatic rings. The number of halogens is 2. The van der Waals surface area contributed by atoms with Gasteiger partial charge in [-0.05, 0) is 18.6 Å². The van der Waals surface area contributed by atoms with Gasteiger partial charge in [0.1, 0.15) is 0 Å². The molecule has 3 nitrogen and oxygen atoms in total. The summed E-state index contributed by atoms with van der Waals surface area (Å²) in [5.74, 6) is -3.92. The fraction of sp³-hybridized carbons (Fsp3) is 0.462. The van der Waals surface area contributed by atoms with Crippen LogP contribution in [0.2, 0.25) is 0 Å². The van der Waals surface area contributed by atoms with Crippen LogP contribution in [0.5, 0.6) is 0 Å². The van der Waals surface area contributed by atoms with Gasteiger partial charge in [-0.3, -0.25) is 0 Å². The molecule has 0 spiro atoms. The van der Waals surface area contributed by atoms with Crippen LogP contribution in [0.3, 0.4) is 0 Å². The first-order valence-corrected chi connectivity index (χ1v) is 6.03. The van der Waals surface area contributed by atoms with Gasteiger partial charge in [-0.2, -0.15) is 0 Å². The number of rotatable bonds is 7. The molecule has 0 saturated carbocycles. The summed E-state index contributed by atoms with van der Waals surface area (Å²) in [5.41, 5.74) is -0.641. The zero-order valence-electron chi connectivity index (χ0n) is 10.3. The minimum absolute atomic E-state index is 0.00833. The van der Waals surface area contributed by atoms with Crippen molar-refractivity contribution in [2.75, 3.05) is 11.9 Å². The minimum Gasteiger partial charge on any atom is -0.478 e. The maximum absolute atomic E-state index is 13.5. The second-order valence-corrected chi connectivity index (χ2v) is 4.08. The monoisotopic (exact) mass is 257 g/mol. The molecule has 0 aromatic heterocycles. The summed E-state index contributed by atoms with van der Waals surface area (Å²) in [4.78, 5) is 10.6. The van der Waals surface area contributed by atoms with E-state index in [-0.39, 0.29) is 5.69 Å². The van der Waals surface area contributed by atoms with Crippen molar-refractivity contribution in [2.24, 2.45) is 0 Å². The molecule has 1 rings (SSSR count). The quantitative estimate of drug-likeness (QED) is 0.733. The molecular weight excluding hydrogens is 240 g/mol. The zero-order chi connectivity index (χ0) is 13.5. The van der Waals surface area contributed by atoms with Crippen LogP contribution >= 0.6 is 0 Å². The number of anilines is 1. The third kappa shape index (κ3) is 3.68. The van der Waals surface area contributed by atoms with Crippen molar-refractivity contribution in [2.45, 2.75) is 32.6 Å². The third-order valence-electron chi connectivity index (χ3n) is 2.66. The van der Waals surface area contributed by atoms with Gasteiger partial charge in [0.25, 0.3) is 0 Å². The fourth-order valence-corrected chi connectivity index (χ4v) is 1.63. The van der Waals surface area contributed by atoms with E-state index in [1.807, 2.05) is 0 Å². The lowest BCUT2D eigenvalue weighted by molar-refractivity contribution is 0.0690. The first kappa shape index (κ1) is 14.4. The molecule has 0 atom stereocenters. The Morgan fingerprint density at radius 2 is 1.94 bits per heavy atom. The van der Waals surface area contributed by atoms with E-state index in [9.17, 15) is 13.6 Å². The lowest BCUT2D eigenvalue weighted by Gasteiger charge is -2.09. The number of aromatic carboxylic acids is 1. The first-order valence-electron chi connectivity index (χ1n) is 6.03. The Kier molecular flexibility index (Phi) is 5.55. The summed E-state index contributed by atoms with van der Waals surface area (Å²) >= 11 is 0. The molecule has 0 heterocycles. The van der Waals surface area contributed by atoms with Gasteiger partial charge < -0.3 is 10.4 Å². The van der Waals surface area contributed by atoms with E-state index >= 15 is 0 Å². The van der Waals surface area contributed by atoms with Crippen molar-refractivity contribution in [1.82, 2.24) is 0 Å². The standard InChI is InChI=1S/C13H17F2NO2/c1-2-3-4-5-8-16-10-7-6-9(13(17)18)11(14)12(10)15/h6-7,16H,2-5,8H2,1H3,(H,17,18). The smallest absolute Gasteiger partial charge is 0.338 e. The molecule has 100 valence electrons. The summed E-state index contributed by atoms with van der Waals surface area (Å²) in [7, 11) is 0. The van der Waals surface area contributed by atoms with Crippen molar-refractivity contribution in [3.05, 3.63) is 29.3 Å². The van der Waals surface area contributed by atoms with Gasteiger partial charge in [-0.1, -0.05) is 26.2 Å². The van der Waals surface area contributed by atoms with Crippen LogP contribution < -0.4 is 5.32 Å². The highest BCUT2D eigenvalue weighted by Gasteiger charge is 2.17. The highest BCUT2D eigenvalue weighted by molar-refractivity contribution is 5.88. The SMILES string of the molecule is CCCCCCNc1ccc(C(=O)O)c(F)c1F. The van der Waals surface area contributed by atoms with Crippen LogP contribution in [0.1, 0.15) is 43.0 Å². The van der Waals surface area contributed by atoms with Crippen molar-refractivity contribution in [3.63, 3.8) is 0 Å². The molecule has 0 radical (unpaired) electrons. The Morgan fingerprint density at radius 3 is 2.56 bits per heavy atom. The molecule has 18 heavy (non-hydrogen) atoms. The van der Waals surface area contributed by atoms with Gasteiger partial charge in [0.05, 0.1) is 11.3 Å². The van der Waals surface area contributed by atoms with Crippen LogP contribution in [-0.2, 0) is 0 Å². The fourth-order valence-electron chi connectivity index (χ4n) is 1.63. The molecule has 0 amide bonds. The second-order valence-electron chi connectivity index (χ2n) is 4.08. The molecule has 5 heteroatoms. The average Bonchev–Trinajstić information content (AvgIpc) is 2.33. The normalized spacial score (nSPS) is 10.4. The van der Waals surface area contributed by atoms with E-state index in [1.54, 1.807) is 0 Å². The molecule has 1 aromatic carbocycles. The lowest BCUT2D eigenvalue weighted by Crippen LogP contribution is -2.08. The molecule has 0 aliphatic carbocycles. The van der Waals surface area contributed by atoms with Crippen molar-refractivity contribution in [1.29, 1.82) is 0 Å². The number of carbonyl (C=O) groups is 1. The number of unbranched alkanes of at least 4 members (excludes halogenated alkanes) is 3. The summed E-state index contributed by atoms with van der Waals surface area (Å²) < 4.78 is 26.8. The van der Waals surface area contributed by atoms with E-state index in [2.05, 4.69) is 12.2 Å². The minimum atomic E-state index is -1.47. The molecule has 0 fully saturated rings. The predicted molar refractivity (Wildman–Crippen MR) is 65.9 cm³/mol. The Labute approximate surface area is 105 Å². The van der Waals surface area contributed by atoms with E-state index in [0.717, 1.165) is 31.7 Å². The first-order chi connectivity index (χ1) is 8.57. The van der Waals surface area contributed by atoms with Crippen molar-refractivity contribution < 1.29 is 18.7 Å². The molecule has 0 aliphatic rings. The van der Waals surface area contributed by atoms with Crippen molar-refractivity contribution in [3.8, 4) is 0 Å². The number of nitrogens with one attached hydrogen (secondary N) is 1. The van der Waals surface area contributed by atoms with Gasteiger partial charge in [-0.25, -0.2) is 13.6 Å². The zero-order valence-corrected chi connectivity index (χ0v) is 10.3. The summed E-state index contributed by atoms with van der Waals surface area (Å²) in [6.45, 7) is 2.63. The summed E-state index contributed by atoms with van der Waals surface area (Å²) in [6.07, 6.45) is 4.11. The molecule has 0 unspecified atom stereocenters. The Hall–Kier alpha value is -1.65. The average molecular weight is 257 g/mol. The third-order valence-corrected chi connectivity index (χ3v) is 2.66. The van der Waals surface area contributed by atoms with Gasteiger partial charge in [-0.15, -0.1) is 0 Å². The molecule has 0 saturated heterocycles. The van der Waals surface area contributed by atoms with E-state index in [4.69, 9.17) is 5.11 Å². The Bertz CT molecular complexity index is 422. The number of carboxylic acid groups (broad SMARTS) is 1. The number of hydrogen-bond donors (Lipinski definition) is 2. The van der Waals surface area contributed by atoms with Crippen LogP contribution in [0.15, 0.2) is 12.1 Å². The maximum Gasteiger partial charge on any atom is 0.338 e. The van der Waals surface area contributed by atoms with Crippen molar-refractivity contribution >= 4 is 11.7 Å². The Balaban J connectivity index is 2.62. The molecular formula is C13H17F2NO2. The van der Waals surface area contributed by atoms with E-state index in [1.165, 1.54) is 6.07 Å². The van der Waals surface area contributed by atoms with Crippen LogP contribution in [0.25, 0.3) is 0 Å². The Morgan fingerprint density at radius 1 is 1.22 bits per heavy atom. The molecule has 0 bridgehead atoms. The van der Waals surface area contributed by atoms with Gasteiger partial charge >= 0.3 is 5.97 Å². The largest absolute Gasteiger partial charge is 0.478 e. The lowest BCUT2D eigenvalue weighted by atomic mass is 10.1. The van der Waals surface area contributed by atoms with Gasteiger partial charge in [0.15, 0.2) is 11.6 Å². The van der Waals surface area contributed by atoms with E-state index in [0.29, 0.717) is 6.54 Å². The van der Waals surface area contributed by atoms with Crippen LogP contribution in [0.4, 0.5) is 14.5 Å². The number of benzene rings is 1. The van der Waals surface area contributed by atoms with Crippen LogP contribution in [-0.4, -0.2) is 17.6 Å². The predicted octanol–water partition coefficient (Wildman–Crippen LogP) is 3.66. The topological polar surface area (TPSA) is 49.3 Å². The second kappa shape index (κ2) is 6.93. The molecule has 2 N–H and O–H groups in total. The van der Waals surface area contributed by atoms with Gasteiger partial charge in [0.2, 0.25) is 0 Å².